The number of hydrogen-bond donors (Lipinski definition) is 2. The third kappa shape index (κ3) is 5.26. The molecule has 1 heterocycles. The normalized spacial score (nSPS) is 10.4. The molecule has 0 aliphatic rings. The molecule has 1 aromatic heterocycles. The van der Waals surface area contributed by atoms with Crippen LogP contribution >= 0.6 is 0 Å². The summed E-state index contributed by atoms with van der Waals surface area (Å²) in [4.78, 5) is 11.8. The van der Waals surface area contributed by atoms with Crippen molar-refractivity contribution >= 4 is 11.7 Å². The van der Waals surface area contributed by atoms with E-state index in [9.17, 15) is 9.18 Å². The highest BCUT2D eigenvalue weighted by molar-refractivity contribution is 5.89. The van der Waals surface area contributed by atoms with Crippen molar-refractivity contribution in [2.24, 2.45) is 0 Å². The second-order valence-corrected chi connectivity index (χ2v) is 6.32. The van der Waals surface area contributed by atoms with E-state index in [1.54, 1.807) is 25.1 Å². The summed E-state index contributed by atoms with van der Waals surface area (Å²) in [5.41, 5.74) is 3.83. The Hall–Kier alpha value is -3.48. The zero-order chi connectivity index (χ0) is 19.9. The van der Waals surface area contributed by atoms with Gasteiger partial charge in [0, 0.05) is 17.3 Å². The molecule has 144 valence electrons. The van der Waals surface area contributed by atoms with Crippen LogP contribution in [0.4, 0.5) is 14.9 Å². The number of nitrogens with zero attached hydrogens (tertiary/aromatic N) is 2. The number of anilines is 1. The summed E-state index contributed by atoms with van der Waals surface area (Å²) in [6, 6.07) is 15.7. The molecule has 2 aromatic carbocycles. The van der Waals surface area contributed by atoms with Gasteiger partial charge in [-0.1, -0.05) is 35.9 Å². The van der Waals surface area contributed by atoms with Crippen molar-refractivity contribution in [3.63, 3.8) is 0 Å². The van der Waals surface area contributed by atoms with Crippen LogP contribution in [-0.4, -0.2) is 29.4 Å². The minimum Gasteiger partial charge on any atom is -0.475 e. The fraction of sp³-hybridized carbons (Fsp3) is 0.190. The van der Waals surface area contributed by atoms with Gasteiger partial charge in [-0.15, -0.1) is 10.2 Å². The number of hydrogen-bond acceptors (Lipinski definition) is 4. The summed E-state index contributed by atoms with van der Waals surface area (Å²) in [6.45, 7) is 4.18. The van der Waals surface area contributed by atoms with Crippen LogP contribution in [0.1, 0.15) is 11.1 Å². The molecule has 0 saturated heterocycles. The smallest absolute Gasteiger partial charge is 0.319 e. The van der Waals surface area contributed by atoms with Gasteiger partial charge in [0.05, 0.1) is 12.2 Å². The van der Waals surface area contributed by atoms with Crippen LogP contribution in [0.3, 0.4) is 0 Å². The van der Waals surface area contributed by atoms with Crippen LogP contribution < -0.4 is 15.4 Å². The third-order valence-corrected chi connectivity index (χ3v) is 4.05. The number of urea groups is 1. The molecule has 2 N–H and O–H groups in total. The molecule has 7 heteroatoms. The van der Waals surface area contributed by atoms with Crippen LogP contribution in [0, 0.1) is 19.7 Å². The van der Waals surface area contributed by atoms with Crippen LogP contribution in [0.15, 0.2) is 54.6 Å². The number of nitrogens with one attached hydrogen (secondary N) is 2. The maximum Gasteiger partial charge on any atom is 0.319 e. The van der Waals surface area contributed by atoms with Crippen LogP contribution in [0.2, 0.25) is 0 Å². The van der Waals surface area contributed by atoms with Gasteiger partial charge in [0.25, 0.3) is 0 Å². The van der Waals surface area contributed by atoms with Gasteiger partial charge >= 0.3 is 6.03 Å². The van der Waals surface area contributed by atoms with E-state index in [1.165, 1.54) is 11.6 Å². The Morgan fingerprint density at radius 3 is 2.50 bits per heavy atom. The fourth-order valence-corrected chi connectivity index (χ4v) is 2.44. The highest BCUT2D eigenvalue weighted by Gasteiger charge is 2.05. The van der Waals surface area contributed by atoms with Crippen LogP contribution in [0.25, 0.3) is 11.3 Å². The highest BCUT2D eigenvalue weighted by atomic mass is 19.1. The number of amides is 2. The summed E-state index contributed by atoms with van der Waals surface area (Å²) >= 11 is 0. The van der Waals surface area contributed by atoms with E-state index >= 15 is 0 Å². The average molecular weight is 380 g/mol. The predicted molar refractivity (Wildman–Crippen MR) is 106 cm³/mol. The lowest BCUT2D eigenvalue weighted by atomic mass is 10.1. The molecule has 0 atom stereocenters. The molecule has 2 amide bonds. The number of ether oxygens (including phenoxy) is 1. The molecule has 0 aliphatic carbocycles. The molecule has 3 aromatic rings. The Labute approximate surface area is 162 Å². The first-order valence-corrected chi connectivity index (χ1v) is 8.86. The van der Waals surface area contributed by atoms with Crippen molar-refractivity contribution in [1.82, 2.24) is 15.5 Å². The maximum absolute atomic E-state index is 13.5. The van der Waals surface area contributed by atoms with E-state index in [0.717, 1.165) is 11.3 Å². The molecule has 0 unspecified atom stereocenters. The molecule has 3 rings (SSSR count). The predicted octanol–water partition coefficient (Wildman–Crippen LogP) is 4.10. The van der Waals surface area contributed by atoms with Gasteiger partial charge in [0.2, 0.25) is 5.88 Å². The summed E-state index contributed by atoms with van der Waals surface area (Å²) in [5.74, 6) is 0.00691. The van der Waals surface area contributed by atoms with Crippen molar-refractivity contribution in [1.29, 1.82) is 0 Å². The number of benzene rings is 2. The monoisotopic (exact) mass is 380 g/mol. The van der Waals surface area contributed by atoms with Crippen molar-refractivity contribution < 1.29 is 13.9 Å². The highest BCUT2D eigenvalue weighted by Crippen LogP contribution is 2.18. The van der Waals surface area contributed by atoms with Crippen LogP contribution in [-0.2, 0) is 0 Å². The number of rotatable bonds is 6. The average Bonchev–Trinajstić information content (AvgIpc) is 2.69. The summed E-state index contributed by atoms with van der Waals surface area (Å²) in [5, 5.41) is 13.4. The number of halogens is 1. The van der Waals surface area contributed by atoms with Gasteiger partial charge < -0.3 is 15.4 Å². The number of carbonyl (C=O) groups is 1. The minimum absolute atomic E-state index is 0.230. The second kappa shape index (κ2) is 8.94. The van der Waals surface area contributed by atoms with Gasteiger partial charge in [-0.25, -0.2) is 9.18 Å². The zero-order valence-corrected chi connectivity index (χ0v) is 15.7. The molecule has 0 bridgehead atoms. The molecular weight excluding hydrogens is 359 g/mol. The first-order chi connectivity index (χ1) is 13.5. The quantitative estimate of drug-likeness (QED) is 0.631. The van der Waals surface area contributed by atoms with Crippen molar-refractivity contribution in [2.75, 3.05) is 18.5 Å². The summed E-state index contributed by atoms with van der Waals surface area (Å²) < 4.78 is 18.9. The molecule has 0 radical (unpaired) electrons. The lowest BCUT2D eigenvalue weighted by molar-refractivity contribution is 0.246. The largest absolute Gasteiger partial charge is 0.475 e. The lowest BCUT2D eigenvalue weighted by Crippen LogP contribution is -2.32. The molecule has 6 nitrogen and oxygen atoms in total. The van der Waals surface area contributed by atoms with E-state index in [2.05, 4.69) is 20.8 Å². The Morgan fingerprint density at radius 1 is 1.04 bits per heavy atom. The molecular formula is C21H21FN4O2. The first-order valence-electron chi connectivity index (χ1n) is 8.86. The molecule has 0 aliphatic heterocycles. The Balaban J connectivity index is 1.42. The van der Waals surface area contributed by atoms with Gasteiger partial charge in [0.1, 0.15) is 12.4 Å². The standard InChI is InChI=1S/C21H21FN4O2/c1-14-3-6-16(7-4-14)19-9-10-20(26-25-19)28-12-11-23-21(27)24-17-8-5-15(2)18(22)13-17/h3-10,13H,11-12H2,1-2H3,(H2,23,24,27). The lowest BCUT2D eigenvalue weighted by Gasteiger charge is -2.09. The molecule has 28 heavy (non-hydrogen) atoms. The Kier molecular flexibility index (Phi) is 6.16. The second-order valence-electron chi connectivity index (χ2n) is 6.32. The van der Waals surface area contributed by atoms with Gasteiger partial charge in [-0.3, -0.25) is 0 Å². The Bertz CT molecular complexity index is 944. The van der Waals surface area contributed by atoms with Crippen molar-refractivity contribution in [3.05, 3.63) is 71.5 Å². The minimum atomic E-state index is -0.437. The SMILES string of the molecule is Cc1ccc(-c2ccc(OCCNC(=O)Nc3ccc(C)c(F)c3)nn2)cc1. The van der Waals surface area contributed by atoms with Gasteiger partial charge in [0.15, 0.2) is 0 Å². The topological polar surface area (TPSA) is 76.1 Å². The number of aromatic nitrogens is 2. The summed E-state index contributed by atoms with van der Waals surface area (Å²) in [6.07, 6.45) is 0. The molecule has 0 spiro atoms. The van der Waals surface area contributed by atoms with Gasteiger partial charge in [-0.05, 0) is 37.6 Å². The van der Waals surface area contributed by atoms with Crippen molar-refractivity contribution in [2.45, 2.75) is 13.8 Å². The zero-order valence-electron chi connectivity index (χ0n) is 15.7. The number of aryl methyl sites for hydroxylation is 2. The third-order valence-electron chi connectivity index (χ3n) is 4.05. The van der Waals surface area contributed by atoms with E-state index in [4.69, 9.17) is 4.74 Å². The fourth-order valence-electron chi connectivity index (χ4n) is 2.44. The van der Waals surface area contributed by atoms with Crippen LogP contribution in [0.5, 0.6) is 5.88 Å². The van der Waals surface area contributed by atoms with E-state index < -0.39 is 6.03 Å². The molecule has 0 fully saturated rings. The van der Waals surface area contributed by atoms with Gasteiger partial charge in [-0.2, -0.15) is 0 Å². The van der Waals surface area contributed by atoms with E-state index in [1.807, 2.05) is 37.3 Å². The summed E-state index contributed by atoms with van der Waals surface area (Å²) in [7, 11) is 0. The van der Waals surface area contributed by atoms with Crippen molar-refractivity contribution in [3.8, 4) is 17.1 Å². The molecule has 0 saturated carbocycles. The Morgan fingerprint density at radius 2 is 1.82 bits per heavy atom. The maximum atomic E-state index is 13.5. The van der Waals surface area contributed by atoms with E-state index in [-0.39, 0.29) is 19.0 Å². The van der Waals surface area contributed by atoms with E-state index in [0.29, 0.717) is 17.1 Å². The first kappa shape index (κ1) is 19.3. The number of carbonyl (C=O) groups excluding carboxylic acids is 1.